The van der Waals surface area contributed by atoms with Gasteiger partial charge in [-0.3, -0.25) is 0 Å². The van der Waals surface area contributed by atoms with E-state index in [2.05, 4.69) is 4.98 Å². The average molecular weight is 230 g/mol. The first-order chi connectivity index (χ1) is 7.08. The van der Waals surface area contributed by atoms with Crippen molar-refractivity contribution in [3.8, 4) is 0 Å². The SMILES string of the molecule is Cn1c(CC(=O)[O-])nc2ccc(F)cc21.[Na+]. The topological polar surface area (TPSA) is 58.0 Å². The molecule has 0 saturated carbocycles. The Labute approximate surface area is 113 Å². The molecule has 0 radical (unpaired) electrons. The molecule has 0 aliphatic heterocycles. The zero-order valence-electron chi connectivity index (χ0n) is 9.03. The summed E-state index contributed by atoms with van der Waals surface area (Å²) in [6.07, 6.45) is -0.271. The van der Waals surface area contributed by atoms with Gasteiger partial charge in [-0.1, -0.05) is 0 Å². The fraction of sp³-hybridized carbons (Fsp3) is 0.200. The molecule has 78 valence electrons. The van der Waals surface area contributed by atoms with Crippen LogP contribution in [0.5, 0.6) is 0 Å². The van der Waals surface area contributed by atoms with Crippen molar-refractivity contribution >= 4 is 17.0 Å². The number of carbonyl (C=O) groups is 1. The number of carbonyl (C=O) groups excluding carboxylic acids is 1. The van der Waals surface area contributed by atoms with Gasteiger partial charge in [0.05, 0.1) is 11.0 Å². The van der Waals surface area contributed by atoms with Crippen molar-refractivity contribution in [1.82, 2.24) is 9.55 Å². The Kier molecular flexibility index (Phi) is 4.07. The van der Waals surface area contributed by atoms with Crippen LogP contribution in [0, 0.1) is 5.82 Å². The molecule has 16 heavy (non-hydrogen) atoms. The first-order valence-corrected chi connectivity index (χ1v) is 4.38. The summed E-state index contributed by atoms with van der Waals surface area (Å²) < 4.78 is 14.5. The molecule has 1 aromatic heterocycles. The average Bonchev–Trinajstić information content (AvgIpc) is 2.44. The van der Waals surface area contributed by atoms with Crippen LogP contribution in [0.15, 0.2) is 18.2 Å². The minimum absolute atomic E-state index is 0. The van der Waals surface area contributed by atoms with Crippen molar-refractivity contribution in [2.75, 3.05) is 0 Å². The first-order valence-electron chi connectivity index (χ1n) is 4.38. The second-order valence-electron chi connectivity index (χ2n) is 3.27. The van der Waals surface area contributed by atoms with E-state index in [0.717, 1.165) is 0 Å². The van der Waals surface area contributed by atoms with Crippen molar-refractivity contribution in [1.29, 1.82) is 0 Å². The van der Waals surface area contributed by atoms with E-state index in [1.54, 1.807) is 11.6 Å². The van der Waals surface area contributed by atoms with Crippen LogP contribution in [0.2, 0.25) is 0 Å². The van der Waals surface area contributed by atoms with Gasteiger partial charge in [-0.15, -0.1) is 0 Å². The molecule has 0 N–H and O–H groups in total. The van der Waals surface area contributed by atoms with E-state index in [1.807, 2.05) is 0 Å². The van der Waals surface area contributed by atoms with Crippen molar-refractivity contribution in [2.24, 2.45) is 7.05 Å². The number of benzene rings is 1. The maximum absolute atomic E-state index is 12.9. The van der Waals surface area contributed by atoms with Crippen molar-refractivity contribution < 1.29 is 43.8 Å². The van der Waals surface area contributed by atoms with Gasteiger partial charge in [0.15, 0.2) is 0 Å². The van der Waals surface area contributed by atoms with E-state index in [9.17, 15) is 14.3 Å². The quantitative estimate of drug-likeness (QED) is 0.517. The van der Waals surface area contributed by atoms with Gasteiger partial charge in [0.2, 0.25) is 0 Å². The molecule has 2 rings (SSSR count). The first kappa shape index (κ1) is 13.2. The van der Waals surface area contributed by atoms with Crippen LogP contribution in [-0.4, -0.2) is 15.5 Å². The number of carboxylic acid groups (broad SMARTS) is 1. The molecule has 0 unspecified atom stereocenters. The summed E-state index contributed by atoms with van der Waals surface area (Å²) in [4.78, 5) is 14.5. The Morgan fingerprint density at radius 3 is 2.88 bits per heavy atom. The molecule has 4 nitrogen and oxygen atoms in total. The number of aryl methyl sites for hydroxylation is 1. The number of aromatic nitrogens is 2. The summed E-state index contributed by atoms with van der Waals surface area (Å²) in [7, 11) is 1.65. The molecule has 0 aliphatic rings. The zero-order chi connectivity index (χ0) is 11.0. The molecular formula is C10H8FN2NaO2. The van der Waals surface area contributed by atoms with E-state index in [0.29, 0.717) is 16.9 Å². The predicted molar refractivity (Wildman–Crippen MR) is 49.4 cm³/mol. The maximum atomic E-state index is 12.9. The molecule has 2 aromatic rings. The zero-order valence-corrected chi connectivity index (χ0v) is 11.0. The van der Waals surface area contributed by atoms with Gasteiger partial charge in [-0.25, -0.2) is 9.37 Å². The Morgan fingerprint density at radius 1 is 1.56 bits per heavy atom. The van der Waals surface area contributed by atoms with E-state index >= 15 is 0 Å². The van der Waals surface area contributed by atoms with Crippen molar-refractivity contribution in [3.63, 3.8) is 0 Å². The number of rotatable bonds is 2. The van der Waals surface area contributed by atoms with Gasteiger partial charge in [0.1, 0.15) is 11.6 Å². The van der Waals surface area contributed by atoms with Crippen LogP contribution in [0.25, 0.3) is 11.0 Å². The number of imidazole rings is 1. The van der Waals surface area contributed by atoms with Crippen LogP contribution in [-0.2, 0) is 18.3 Å². The summed E-state index contributed by atoms with van der Waals surface area (Å²) >= 11 is 0. The number of nitrogens with zero attached hydrogens (tertiary/aromatic N) is 2. The van der Waals surface area contributed by atoms with Gasteiger partial charge < -0.3 is 14.5 Å². The molecule has 0 fully saturated rings. The molecule has 0 bridgehead atoms. The number of hydrogen-bond donors (Lipinski definition) is 0. The number of carboxylic acids is 1. The number of fused-ring (bicyclic) bond motifs is 1. The molecule has 1 aromatic carbocycles. The second-order valence-corrected chi connectivity index (χ2v) is 3.27. The normalized spacial score (nSPS) is 10.1. The van der Waals surface area contributed by atoms with Crippen molar-refractivity contribution in [3.05, 3.63) is 29.8 Å². The third-order valence-electron chi connectivity index (χ3n) is 2.24. The van der Waals surface area contributed by atoms with Gasteiger partial charge in [-0.2, -0.15) is 0 Å². The van der Waals surface area contributed by atoms with Crippen LogP contribution in [0.4, 0.5) is 4.39 Å². The fourth-order valence-electron chi connectivity index (χ4n) is 1.50. The third-order valence-corrected chi connectivity index (χ3v) is 2.24. The molecule has 0 amide bonds. The van der Waals surface area contributed by atoms with E-state index in [4.69, 9.17) is 0 Å². The predicted octanol–water partition coefficient (Wildman–Crippen LogP) is -2.99. The molecule has 0 spiro atoms. The summed E-state index contributed by atoms with van der Waals surface area (Å²) in [6, 6.07) is 4.13. The third kappa shape index (κ3) is 2.42. The van der Waals surface area contributed by atoms with Gasteiger partial charge in [0.25, 0.3) is 0 Å². The standard InChI is InChI=1S/C10H9FN2O2.Na/c1-13-8-4-6(11)2-3-7(8)12-9(13)5-10(14)15;/h2-4H,5H2,1H3,(H,14,15);/q;+1/p-1. The summed E-state index contributed by atoms with van der Waals surface area (Å²) in [5, 5.41) is 10.4. The van der Waals surface area contributed by atoms with E-state index < -0.39 is 5.97 Å². The molecule has 0 saturated heterocycles. The molecule has 0 aliphatic carbocycles. The number of halogens is 1. The van der Waals surface area contributed by atoms with E-state index in [1.165, 1.54) is 18.2 Å². The fourth-order valence-corrected chi connectivity index (χ4v) is 1.50. The van der Waals surface area contributed by atoms with Crippen molar-refractivity contribution in [2.45, 2.75) is 6.42 Å². The number of hydrogen-bond acceptors (Lipinski definition) is 3. The molecule has 0 atom stereocenters. The van der Waals surface area contributed by atoms with Crippen LogP contribution < -0.4 is 34.7 Å². The number of aliphatic carboxylic acids is 1. The van der Waals surface area contributed by atoms with E-state index in [-0.39, 0.29) is 41.8 Å². The van der Waals surface area contributed by atoms with Crippen LogP contribution >= 0.6 is 0 Å². The summed E-state index contributed by atoms with van der Waals surface area (Å²) in [5.74, 6) is -1.21. The van der Waals surface area contributed by atoms with Gasteiger partial charge >= 0.3 is 29.6 Å². The molecular weight excluding hydrogens is 222 g/mol. The minimum atomic E-state index is -1.20. The minimum Gasteiger partial charge on any atom is -0.550 e. The smallest absolute Gasteiger partial charge is 0.550 e. The van der Waals surface area contributed by atoms with Gasteiger partial charge in [-0.05, 0) is 18.2 Å². The Bertz CT molecular complexity index is 539. The van der Waals surface area contributed by atoms with Crippen LogP contribution in [0.3, 0.4) is 0 Å². The largest absolute Gasteiger partial charge is 1.00 e. The maximum Gasteiger partial charge on any atom is 1.00 e. The molecule has 6 heteroatoms. The van der Waals surface area contributed by atoms with Gasteiger partial charge in [0, 0.05) is 19.4 Å². The molecule has 1 heterocycles. The Morgan fingerprint density at radius 2 is 2.25 bits per heavy atom. The van der Waals surface area contributed by atoms with Crippen LogP contribution in [0.1, 0.15) is 5.82 Å². The summed E-state index contributed by atoms with van der Waals surface area (Å²) in [5.41, 5.74) is 1.15. The monoisotopic (exact) mass is 230 g/mol. The Balaban J connectivity index is 0.00000128. The second kappa shape index (κ2) is 4.95. The Hall–Kier alpha value is -0.910. The summed E-state index contributed by atoms with van der Waals surface area (Å²) in [6.45, 7) is 0.